The number of carbonyl (C=O) groups is 1. The highest BCUT2D eigenvalue weighted by atomic mass is 16.6. The summed E-state index contributed by atoms with van der Waals surface area (Å²) in [6.45, 7) is 4.32. The summed E-state index contributed by atoms with van der Waals surface area (Å²) in [6.07, 6.45) is 2.70. The largest absolute Gasteiger partial charge is 0.464 e. The number of unbranched alkanes of at least 4 members (excludes halogenated alkanes) is 1. The van der Waals surface area contributed by atoms with Gasteiger partial charge in [-0.25, -0.2) is 4.79 Å². The van der Waals surface area contributed by atoms with Crippen molar-refractivity contribution >= 4 is 5.97 Å². The van der Waals surface area contributed by atoms with Gasteiger partial charge in [0.1, 0.15) is 6.61 Å². The van der Waals surface area contributed by atoms with E-state index in [0.29, 0.717) is 26.4 Å². The fourth-order valence-electron chi connectivity index (χ4n) is 1.55. The molecule has 0 atom stereocenters. The Bertz CT molecular complexity index is 351. The fourth-order valence-corrected chi connectivity index (χ4v) is 1.55. The third kappa shape index (κ3) is 8.67. The van der Waals surface area contributed by atoms with Crippen molar-refractivity contribution in [2.75, 3.05) is 26.4 Å². The molecular formula is C16H24O4. The standard InChI is InChI=1S/C16H24O4/c1-2-3-12-20-16(17)14-19-11-7-10-18-13-15-8-5-4-6-9-15/h4-6,8-9H,2-3,7,10-14H2,1H3. The van der Waals surface area contributed by atoms with Gasteiger partial charge in [0.25, 0.3) is 0 Å². The number of benzene rings is 1. The first-order chi connectivity index (χ1) is 9.83. The van der Waals surface area contributed by atoms with Gasteiger partial charge >= 0.3 is 5.97 Å². The first-order valence-electron chi connectivity index (χ1n) is 7.18. The molecule has 20 heavy (non-hydrogen) atoms. The summed E-state index contributed by atoms with van der Waals surface area (Å²) in [7, 11) is 0. The lowest BCUT2D eigenvalue weighted by atomic mass is 10.2. The SMILES string of the molecule is CCCCOC(=O)COCCCOCc1ccccc1. The first-order valence-corrected chi connectivity index (χ1v) is 7.18. The quantitative estimate of drug-likeness (QED) is 0.462. The number of rotatable bonds is 11. The van der Waals surface area contributed by atoms with Crippen LogP contribution >= 0.6 is 0 Å². The Balaban J connectivity index is 1.88. The molecule has 4 nitrogen and oxygen atoms in total. The lowest BCUT2D eigenvalue weighted by Crippen LogP contribution is -2.14. The van der Waals surface area contributed by atoms with Crippen molar-refractivity contribution < 1.29 is 19.0 Å². The van der Waals surface area contributed by atoms with E-state index in [1.807, 2.05) is 30.3 Å². The lowest BCUT2D eigenvalue weighted by molar-refractivity contribution is -0.149. The predicted molar refractivity (Wildman–Crippen MR) is 77.4 cm³/mol. The highest BCUT2D eigenvalue weighted by Gasteiger charge is 2.01. The summed E-state index contributed by atoms with van der Waals surface area (Å²) in [5.41, 5.74) is 1.16. The van der Waals surface area contributed by atoms with Gasteiger partial charge < -0.3 is 14.2 Å². The first kappa shape index (κ1) is 16.7. The highest BCUT2D eigenvalue weighted by Crippen LogP contribution is 2.00. The second kappa shape index (κ2) is 11.4. The molecule has 0 aliphatic heterocycles. The van der Waals surface area contributed by atoms with E-state index in [1.54, 1.807) is 0 Å². The number of hydrogen-bond donors (Lipinski definition) is 0. The van der Waals surface area contributed by atoms with Crippen LogP contribution in [0.15, 0.2) is 30.3 Å². The summed E-state index contributed by atoms with van der Waals surface area (Å²) < 4.78 is 15.7. The molecule has 0 saturated heterocycles. The molecule has 0 amide bonds. The van der Waals surface area contributed by atoms with E-state index in [0.717, 1.165) is 24.8 Å². The third-order valence-electron chi connectivity index (χ3n) is 2.67. The highest BCUT2D eigenvalue weighted by molar-refractivity contribution is 5.70. The van der Waals surface area contributed by atoms with Crippen LogP contribution < -0.4 is 0 Å². The zero-order chi connectivity index (χ0) is 14.5. The van der Waals surface area contributed by atoms with Gasteiger partial charge in [-0.15, -0.1) is 0 Å². The molecule has 1 aromatic rings. The second-order valence-corrected chi connectivity index (χ2v) is 4.52. The molecule has 0 unspecified atom stereocenters. The molecule has 0 aliphatic carbocycles. The summed E-state index contributed by atoms with van der Waals surface area (Å²) in [5, 5.41) is 0. The van der Waals surface area contributed by atoms with Crippen LogP contribution in [-0.2, 0) is 25.6 Å². The minimum atomic E-state index is -0.288. The Morgan fingerprint density at radius 3 is 2.50 bits per heavy atom. The number of hydrogen-bond acceptors (Lipinski definition) is 4. The average molecular weight is 280 g/mol. The van der Waals surface area contributed by atoms with Gasteiger partial charge in [-0.05, 0) is 18.4 Å². The smallest absolute Gasteiger partial charge is 0.332 e. The normalized spacial score (nSPS) is 10.4. The van der Waals surface area contributed by atoms with Crippen LogP contribution in [0.3, 0.4) is 0 Å². The summed E-state index contributed by atoms with van der Waals surface area (Å²) in [5.74, 6) is -0.288. The van der Waals surface area contributed by atoms with Gasteiger partial charge in [0.15, 0.2) is 0 Å². The maximum atomic E-state index is 11.2. The Kier molecular flexibility index (Phi) is 9.53. The number of carbonyl (C=O) groups excluding carboxylic acids is 1. The predicted octanol–water partition coefficient (Wildman–Crippen LogP) is 2.95. The van der Waals surface area contributed by atoms with Gasteiger partial charge in [0.05, 0.1) is 13.2 Å². The van der Waals surface area contributed by atoms with Gasteiger partial charge in [0.2, 0.25) is 0 Å². The van der Waals surface area contributed by atoms with Crippen LogP contribution in [-0.4, -0.2) is 32.4 Å². The van der Waals surface area contributed by atoms with Crippen molar-refractivity contribution in [2.45, 2.75) is 32.8 Å². The molecule has 0 bridgehead atoms. The molecule has 4 heteroatoms. The van der Waals surface area contributed by atoms with E-state index < -0.39 is 0 Å². The molecule has 112 valence electrons. The van der Waals surface area contributed by atoms with Crippen molar-refractivity contribution in [3.63, 3.8) is 0 Å². The van der Waals surface area contributed by atoms with Gasteiger partial charge in [0, 0.05) is 13.2 Å². The Hall–Kier alpha value is -1.39. The van der Waals surface area contributed by atoms with Crippen LogP contribution in [0.4, 0.5) is 0 Å². The van der Waals surface area contributed by atoms with Crippen LogP contribution in [0, 0.1) is 0 Å². The van der Waals surface area contributed by atoms with Gasteiger partial charge in [-0.1, -0.05) is 43.7 Å². The molecule has 0 aromatic heterocycles. The van der Waals surface area contributed by atoms with E-state index in [2.05, 4.69) is 6.92 Å². The molecule has 0 aliphatic rings. The minimum Gasteiger partial charge on any atom is -0.464 e. The molecular weight excluding hydrogens is 256 g/mol. The number of esters is 1. The molecule has 1 aromatic carbocycles. The van der Waals surface area contributed by atoms with Gasteiger partial charge in [-0.2, -0.15) is 0 Å². The summed E-state index contributed by atoms with van der Waals surface area (Å²) in [4.78, 5) is 11.2. The lowest BCUT2D eigenvalue weighted by Gasteiger charge is -2.06. The zero-order valence-electron chi connectivity index (χ0n) is 12.2. The van der Waals surface area contributed by atoms with E-state index >= 15 is 0 Å². The maximum absolute atomic E-state index is 11.2. The van der Waals surface area contributed by atoms with Crippen LogP contribution in [0.5, 0.6) is 0 Å². The van der Waals surface area contributed by atoms with Crippen molar-refractivity contribution in [3.8, 4) is 0 Å². The maximum Gasteiger partial charge on any atom is 0.332 e. The number of ether oxygens (including phenoxy) is 3. The zero-order valence-corrected chi connectivity index (χ0v) is 12.2. The molecule has 0 spiro atoms. The summed E-state index contributed by atoms with van der Waals surface area (Å²) in [6, 6.07) is 10.0. The van der Waals surface area contributed by atoms with Crippen molar-refractivity contribution in [1.29, 1.82) is 0 Å². The molecule has 1 rings (SSSR count). The third-order valence-corrected chi connectivity index (χ3v) is 2.67. The second-order valence-electron chi connectivity index (χ2n) is 4.52. The molecule has 0 radical (unpaired) electrons. The van der Waals surface area contributed by atoms with E-state index in [-0.39, 0.29) is 12.6 Å². The van der Waals surface area contributed by atoms with Crippen molar-refractivity contribution in [3.05, 3.63) is 35.9 Å². The van der Waals surface area contributed by atoms with Crippen molar-refractivity contribution in [2.24, 2.45) is 0 Å². The van der Waals surface area contributed by atoms with Gasteiger partial charge in [-0.3, -0.25) is 0 Å². The van der Waals surface area contributed by atoms with Crippen LogP contribution in [0.1, 0.15) is 31.7 Å². The molecule has 0 N–H and O–H groups in total. The van der Waals surface area contributed by atoms with Crippen molar-refractivity contribution in [1.82, 2.24) is 0 Å². The van der Waals surface area contributed by atoms with E-state index in [9.17, 15) is 4.79 Å². The molecule has 0 saturated carbocycles. The van der Waals surface area contributed by atoms with Crippen LogP contribution in [0.2, 0.25) is 0 Å². The Morgan fingerprint density at radius 1 is 1.00 bits per heavy atom. The van der Waals surface area contributed by atoms with E-state index in [4.69, 9.17) is 14.2 Å². The Morgan fingerprint density at radius 2 is 1.75 bits per heavy atom. The molecule has 0 heterocycles. The summed E-state index contributed by atoms with van der Waals surface area (Å²) >= 11 is 0. The van der Waals surface area contributed by atoms with Crippen LogP contribution in [0.25, 0.3) is 0 Å². The minimum absolute atomic E-state index is 0.0302. The Labute approximate surface area is 121 Å². The fraction of sp³-hybridized carbons (Fsp3) is 0.562. The van der Waals surface area contributed by atoms with E-state index in [1.165, 1.54) is 0 Å². The molecule has 0 fully saturated rings. The topological polar surface area (TPSA) is 44.8 Å². The monoisotopic (exact) mass is 280 g/mol. The average Bonchev–Trinajstić information content (AvgIpc) is 2.47.